The quantitative estimate of drug-likeness (QED) is 0.821. The summed E-state index contributed by atoms with van der Waals surface area (Å²) in [6.07, 6.45) is 5.19. The predicted molar refractivity (Wildman–Crippen MR) is 117 cm³/mol. The van der Waals surface area contributed by atoms with Crippen molar-refractivity contribution in [3.63, 3.8) is 0 Å². The van der Waals surface area contributed by atoms with Crippen molar-refractivity contribution in [2.24, 2.45) is 5.41 Å². The number of ether oxygens (including phenoxy) is 1. The Balaban J connectivity index is 1.49. The summed E-state index contributed by atoms with van der Waals surface area (Å²) in [4.78, 5) is 30.3. The van der Waals surface area contributed by atoms with E-state index in [1.54, 1.807) is 14.0 Å². The Morgan fingerprint density at radius 3 is 2.68 bits per heavy atom. The van der Waals surface area contributed by atoms with E-state index in [9.17, 15) is 9.59 Å². The van der Waals surface area contributed by atoms with Gasteiger partial charge in [-0.3, -0.25) is 14.7 Å². The number of nitrogens with zero attached hydrogens (tertiary/aromatic N) is 3. The summed E-state index contributed by atoms with van der Waals surface area (Å²) >= 11 is 0. The van der Waals surface area contributed by atoms with E-state index in [0.717, 1.165) is 43.4 Å². The van der Waals surface area contributed by atoms with E-state index in [-0.39, 0.29) is 35.4 Å². The third-order valence-electron chi connectivity index (χ3n) is 7.75. The molecular weight excluding hydrogens is 392 g/mol. The van der Waals surface area contributed by atoms with Gasteiger partial charge in [0.25, 0.3) is 5.91 Å². The van der Waals surface area contributed by atoms with Crippen LogP contribution in [0.15, 0.2) is 30.3 Å². The Morgan fingerprint density at radius 2 is 1.94 bits per heavy atom. The van der Waals surface area contributed by atoms with Gasteiger partial charge >= 0.3 is 0 Å². The number of hydrogen-bond donors (Lipinski definition) is 1. The zero-order valence-electron chi connectivity index (χ0n) is 18.4. The van der Waals surface area contributed by atoms with E-state index in [1.807, 2.05) is 35.2 Å². The lowest BCUT2D eigenvalue weighted by atomic mass is 9.71. The van der Waals surface area contributed by atoms with Crippen LogP contribution in [0.3, 0.4) is 0 Å². The van der Waals surface area contributed by atoms with Crippen LogP contribution in [-0.2, 0) is 4.79 Å². The summed E-state index contributed by atoms with van der Waals surface area (Å²) in [6.45, 7) is 4.58. The van der Waals surface area contributed by atoms with Gasteiger partial charge in [0, 0.05) is 36.5 Å². The second kappa shape index (κ2) is 7.39. The van der Waals surface area contributed by atoms with Gasteiger partial charge in [-0.15, -0.1) is 0 Å². The number of rotatable bonds is 3. The highest BCUT2D eigenvalue weighted by Gasteiger charge is 2.60. The minimum atomic E-state index is -0.0494. The summed E-state index contributed by atoms with van der Waals surface area (Å²) in [5.74, 6) is 0.829. The Hall–Kier alpha value is -2.83. The lowest BCUT2D eigenvalue weighted by molar-refractivity contribution is -0.136. The first kappa shape index (κ1) is 20.1. The number of carbonyl (C=O) groups is 2. The van der Waals surface area contributed by atoms with Gasteiger partial charge in [-0.2, -0.15) is 5.10 Å². The maximum absolute atomic E-state index is 13.7. The van der Waals surface area contributed by atoms with Gasteiger partial charge in [-0.05, 0) is 37.5 Å². The molecule has 0 unspecified atom stereocenters. The molecule has 0 radical (unpaired) electrons. The van der Waals surface area contributed by atoms with Crippen LogP contribution in [0.1, 0.15) is 56.4 Å². The molecule has 2 aromatic rings. The van der Waals surface area contributed by atoms with Gasteiger partial charge in [-0.1, -0.05) is 31.9 Å². The molecule has 0 spiro atoms. The molecule has 7 nitrogen and oxygen atoms in total. The molecule has 31 heavy (non-hydrogen) atoms. The second-order valence-corrected chi connectivity index (χ2v) is 9.43. The molecule has 1 N–H and O–H groups in total. The van der Waals surface area contributed by atoms with Crippen molar-refractivity contribution in [3.8, 4) is 17.0 Å². The predicted octanol–water partition coefficient (Wildman–Crippen LogP) is 3.48. The number of aromatic amines is 1. The van der Waals surface area contributed by atoms with Crippen molar-refractivity contribution in [2.45, 2.75) is 64.1 Å². The number of piperidine rings is 1. The number of H-pyrrole nitrogens is 1. The third kappa shape index (κ3) is 3.05. The first-order valence-corrected chi connectivity index (χ1v) is 11.2. The van der Waals surface area contributed by atoms with Crippen molar-refractivity contribution in [1.29, 1.82) is 0 Å². The summed E-state index contributed by atoms with van der Waals surface area (Å²) in [5, 5.41) is 7.39. The molecule has 2 aliphatic heterocycles. The van der Waals surface area contributed by atoms with Gasteiger partial charge in [0.15, 0.2) is 0 Å². The van der Waals surface area contributed by atoms with E-state index < -0.39 is 0 Å². The van der Waals surface area contributed by atoms with Crippen molar-refractivity contribution in [3.05, 3.63) is 36.0 Å². The maximum Gasteiger partial charge on any atom is 0.272 e. The topological polar surface area (TPSA) is 78.5 Å². The molecule has 4 atom stereocenters. The minimum Gasteiger partial charge on any atom is -0.496 e. The first-order valence-electron chi connectivity index (χ1n) is 11.2. The number of fused-ring (bicyclic) bond motifs is 1. The van der Waals surface area contributed by atoms with Crippen LogP contribution in [0.5, 0.6) is 5.75 Å². The lowest BCUT2D eigenvalue weighted by Crippen LogP contribution is -2.55. The fourth-order valence-corrected chi connectivity index (χ4v) is 6.38. The molecule has 3 fully saturated rings. The lowest BCUT2D eigenvalue weighted by Gasteiger charge is -2.46. The average molecular weight is 423 g/mol. The molecule has 1 aromatic heterocycles. The highest BCUT2D eigenvalue weighted by molar-refractivity contribution is 5.94. The Morgan fingerprint density at radius 1 is 1.19 bits per heavy atom. The highest BCUT2D eigenvalue weighted by Crippen LogP contribution is 2.53. The standard InChI is InChI=1S/C24H30N4O3/c1-15(29)27-14-16-13-24(2)21(27)10-6-7-11-22(24)28(16)23(30)19-12-18(25-26-19)17-8-4-5-9-20(17)31-3/h4-5,8-9,12,16,21-22H,6-7,10-11,13-14H2,1-3H3,(H,25,26)/t16-,21+,22-,24+/m0/s1. The van der Waals surface area contributed by atoms with Crippen LogP contribution in [0, 0.1) is 5.41 Å². The average Bonchev–Trinajstić information content (AvgIpc) is 3.29. The van der Waals surface area contributed by atoms with Crippen LogP contribution in [0.4, 0.5) is 0 Å². The number of para-hydroxylation sites is 1. The van der Waals surface area contributed by atoms with E-state index in [2.05, 4.69) is 22.0 Å². The number of likely N-dealkylation sites (tertiary alicyclic amines) is 2. The number of aromatic nitrogens is 2. The van der Waals surface area contributed by atoms with E-state index >= 15 is 0 Å². The van der Waals surface area contributed by atoms with Gasteiger partial charge in [-0.25, -0.2) is 0 Å². The number of methoxy groups -OCH3 is 1. The Kier molecular flexibility index (Phi) is 4.79. The molecule has 3 aliphatic rings. The molecule has 1 saturated carbocycles. The Bertz CT molecular complexity index is 1020. The minimum absolute atomic E-state index is 0.0153. The van der Waals surface area contributed by atoms with Gasteiger partial charge in [0.1, 0.15) is 11.4 Å². The maximum atomic E-state index is 13.7. The van der Waals surface area contributed by atoms with Gasteiger partial charge < -0.3 is 14.5 Å². The molecule has 164 valence electrons. The highest BCUT2D eigenvalue weighted by atomic mass is 16.5. The smallest absolute Gasteiger partial charge is 0.272 e. The fourth-order valence-electron chi connectivity index (χ4n) is 6.38. The summed E-state index contributed by atoms with van der Waals surface area (Å²) in [7, 11) is 1.63. The van der Waals surface area contributed by atoms with Crippen molar-refractivity contribution < 1.29 is 14.3 Å². The number of carbonyl (C=O) groups excluding carboxylic acids is 2. The molecule has 3 heterocycles. The van der Waals surface area contributed by atoms with Crippen molar-refractivity contribution in [1.82, 2.24) is 20.0 Å². The van der Waals surface area contributed by atoms with E-state index in [0.29, 0.717) is 17.9 Å². The van der Waals surface area contributed by atoms with Crippen LogP contribution in [0.25, 0.3) is 11.3 Å². The monoisotopic (exact) mass is 422 g/mol. The number of nitrogens with one attached hydrogen (secondary N) is 1. The summed E-state index contributed by atoms with van der Waals surface area (Å²) in [6, 6.07) is 9.92. The zero-order valence-corrected chi connectivity index (χ0v) is 18.4. The van der Waals surface area contributed by atoms with Crippen LogP contribution >= 0.6 is 0 Å². The van der Waals surface area contributed by atoms with Crippen LogP contribution < -0.4 is 4.74 Å². The van der Waals surface area contributed by atoms with Crippen LogP contribution in [-0.4, -0.2) is 63.6 Å². The normalized spacial score (nSPS) is 29.6. The molecule has 1 aliphatic carbocycles. The Labute approximate surface area is 182 Å². The molecule has 2 bridgehead atoms. The zero-order chi connectivity index (χ0) is 21.8. The molecule has 2 saturated heterocycles. The number of hydrogen-bond acceptors (Lipinski definition) is 4. The molecule has 1 aromatic carbocycles. The molecular formula is C24H30N4O3. The van der Waals surface area contributed by atoms with Gasteiger partial charge in [0.05, 0.1) is 18.8 Å². The van der Waals surface area contributed by atoms with E-state index in [1.165, 1.54) is 0 Å². The largest absolute Gasteiger partial charge is 0.496 e. The van der Waals surface area contributed by atoms with Crippen molar-refractivity contribution >= 4 is 11.8 Å². The number of benzene rings is 1. The molecule has 7 heteroatoms. The first-order chi connectivity index (χ1) is 14.9. The summed E-state index contributed by atoms with van der Waals surface area (Å²) < 4.78 is 5.45. The molecule has 5 rings (SSSR count). The second-order valence-electron chi connectivity index (χ2n) is 9.43. The summed E-state index contributed by atoms with van der Waals surface area (Å²) in [5.41, 5.74) is 1.99. The number of amides is 2. The fraction of sp³-hybridized carbons (Fsp3) is 0.542. The third-order valence-corrected chi connectivity index (χ3v) is 7.75. The molecule has 2 amide bonds. The van der Waals surface area contributed by atoms with Crippen LogP contribution in [0.2, 0.25) is 0 Å². The van der Waals surface area contributed by atoms with Gasteiger partial charge in [0.2, 0.25) is 5.91 Å². The van der Waals surface area contributed by atoms with Crippen molar-refractivity contribution in [2.75, 3.05) is 13.7 Å². The van der Waals surface area contributed by atoms with E-state index in [4.69, 9.17) is 4.74 Å². The SMILES string of the molecule is COc1ccccc1-c1cc(C(=O)N2[C@@H]3CN(C(C)=O)[C@@H]4CCCC[C@H]2[C@]4(C)C3)[nH]n1.